The van der Waals surface area contributed by atoms with Crippen molar-refractivity contribution in [3.63, 3.8) is 0 Å². The van der Waals surface area contributed by atoms with Gasteiger partial charge in [0.1, 0.15) is 16.9 Å². The van der Waals surface area contributed by atoms with Crippen LogP contribution in [0.3, 0.4) is 0 Å². The summed E-state index contributed by atoms with van der Waals surface area (Å²) in [5.74, 6) is 0.235. The lowest BCUT2D eigenvalue weighted by Gasteiger charge is -2.31. The van der Waals surface area contributed by atoms with E-state index in [1.165, 1.54) is 16.4 Å². The van der Waals surface area contributed by atoms with Gasteiger partial charge in [0, 0.05) is 37.2 Å². The second kappa shape index (κ2) is 6.64. The van der Waals surface area contributed by atoms with Crippen LogP contribution in [0.15, 0.2) is 18.2 Å². The number of sulfonamides is 1. The zero-order valence-electron chi connectivity index (χ0n) is 12.6. The highest BCUT2D eigenvalue weighted by Gasteiger charge is 2.46. The second-order valence-electron chi connectivity index (χ2n) is 5.55. The first kappa shape index (κ1) is 17.1. The third kappa shape index (κ3) is 3.25. The number of hydrogen-bond acceptors (Lipinski definition) is 5. The Kier molecular flexibility index (Phi) is 4.93. The van der Waals surface area contributed by atoms with Crippen LogP contribution < -0.4 is 0 Å². The van der Waals surface area contributed by atoms with Crippen molar-refractivity contribution in [2.24, 2.45) is 0 Å². The third-order valence-electron chi connectivity index (χ3n) is 4.18. The molecule has 0 amide bonds. The first-order valence-corrected chi connectivity index (χ1v) is 9.94. The van der Waals surface area contributed by atoms with Crippen molar-refractivity contribution >= 4 is 21.8 Å². The number of nitrogens with zero attached hydrogens (tertiary/aromatic N) is 2. The average Bonchev–Trinajstić information content (AvgIpc) is 2.93. The normalized spacial score (nSPS) is 27.4. The largest absolute Gasteiger partial charge is 0.297 e. The summed E-state index contributed by atoms with van der Waals surface area (Å²) in [7, 11) is -2.12. The summed E-state index contributed by atoms with van der Waals surface area (Å²) in [4.78, 5) is 5.34. The molecular weight excluding hydrogens is 346 g/mol. The van der Waals surface area contributed by atoms with Gasteiger partial charge in [0.15, 0.2) is 0 Å². The van der Waals surface area contributed by atoms with Crippen molar-refractivity contribution in [2.45, 2.75) is 11.3 Å². The van der Waals surface area contributed by atoms with Gasteiger partial charge >= 0.3 is 0 Å². The zero-order chi connectivity index (χ0) is 16.6. The van der Waals surface area contributed by atoms with Crippen LogP contribution in [0.5, 0.6) is 0 Å². The van der Waals surface area contributed by atoms with Crippen LogP contribution in [-0.2, 0) is 14.9 Å². The molecule has 2 aliphatic rings. The molecule has 0 N–H and O–H groups in total. The number of benzene rings is 1. The van der Waals surface area contributed by atoms with Gasteiger partial charge in [0.2, 0.25) is 10.0 Å². The molecular formula is C14H18F2N2O3S2. The minimum atomic E-state index is -3.66. The first-order chi connectivity index (χ1) is 10.9. The summed E-state index contributed by atoms with van der Waals surface area (Å²) in [6, 6.07) is 2.20. The fraction of sp³-hybridized carbons (Fsp3) is 0.571. The Labute approximate surface area is 138 Å². The van der Waals surface area contributed by atoms with Gasteiger partial charge in [-0.25, -0.2) is 17.2 Å². The topological polar surface area (TPSA) is 49.9 Å². The van der Waals surface area contributed by atoms with Crippen LogP contribution in [0.1, 0.15) is 11.6 Å². The molecule has 0 saturated carbocycles. The van der Waals surface area contributed by atoms with Gasteiger partial charge in [-0.2, -0.15) is 21.1 Å². The fourth-order valence-corrected chi connectivity index (χ4v) is 6.06. The molecule has 1 aromatic rings. The van der Waals surface area contributed by atoms with E-state index in [2.05, 4.69) is 0 Å². The van der Waals surface area contributed by atoms with Gasteiger partial charge < -0.3 is 0 Å². The molecule has 2 aliphatic heterocycles. The number of rotatable bonds is 3. The molecule has 0 aromatic heterocycles. The smallest absolute Gasteiger partial charge is 0.221 e. The number of halogens is 2. The van der Waals surface area contributed by atoms with E-state index in [9.17, 15) is 17.2 Å². The summed E-state index contributed by atoms with van der Waals surface area (Å²) in [5, 5.41) is 0.352. The highest BCUT2D eigenvalue weighted by molar-refractivity contribution is 7.99. The molecule has 23 heavy (non-hydrogen) atoms. The van der Waals surface area contributed by atoms with E-state index in [-0.39, 0.29) is 12.2 Å². The minimum Gasteiger partial charge on any atom is -0.297 e. The molecule has 2 fully saturated rings. The van der Waals surface area contributed by atoms with E-state index < -0.39 is 32.9 Å². The quantitative estimate of drug-likeness (QED) is 0.816. The molecule has 9 heteroatoms. The maximum absolute atomic E-state index is 14.1. The SMILES string of the molecule is CN1OC[C@@H](S(=O)(=O)N2CCSCC2)[C@H]1c1cc(F)ccc1F. The van der Waals surface area contributed by atoms with Gasteiger partial charge in [-0.1, -0.05) is 0 Å². The van der Waals surface area contributed by atoms with Gasteiger partial charge in [0.25, 0.3) is 0 Å². The molecule has 0 unspecified atom stereocenters. The molecule has 2 saturated heterocycles. The standard InChI is InChI=1S/C14H18F2N2O3S2/c1-17-14(11-8-10(15)2-3-12(11)16)13(9-21-17)23(19,20)18-4-6-22-7-5-18/h2-3,8,13-14H,4-7,9H2,1H3/t13-,14-/m1/s1. The summed E-state index contributed by atoms with van der Waals surface area (Å²) in [6.45, 7) is 0.806. The Bertz CT molecular complexity index is 681. The van der Waals surface area contributed by atoms with Crippen LogP contribution in [0.25, 0.3) is 0 Å². The molecule has 0 radical (unpaired) electrons. The molecule has 2 heterocycles. The van der Waals surface area contributed by atoms with Crippen LogP contribution in [-0.4, -0.2) is 61.3 Å². The van der Waals surface area contributed by atoms with Gasteiger partial charge in [0.05, 0.1) is 12.6 Å². The van der Waals surface area contributed by atoms with Crippen LogP contribution in [0, 0.1) is 11.6 Å². The Balaban J connectivity index is 1.96. The third-order valence-corrected chi connectivity index (χ3v) is 7.36. The summed E-state index contributed by atoms with van der Waals surface area (Å²) in [5.41, 5.74) is 0.00459. The molecule has 1 aromatic carbocycles. The summed E-state index contributed by atoms with van der Waals surface area (Å²) >= 11 is 1.70. The Hall–Kier alpha value is -0.740. The second-order valence-corrected chi connectivity index (χ2v) is 8.92. The van der Waals surface area contributed by atoms with Crippen LogP contribution >= 0.6 is 11.8 Å². The number of hydrogen-bond donors (Lipinski definition) is 0. The number of hydroxylamine groups is 2. The van der Waals surface area contributed by atoms with E-state index in [1.807, 2.05) is 0 Å². The van der Waals surface area contributed by atoms with Crippen LogP contribution in [0.4, 0.5) is 8.78 Å². The maximum Gasteiger partial charge on any atom is 0.221 e. The zero-order valence-corrected chi connectivity index (χ0v) is 14.2. The Morgan fingerprint density at radius 1 is 1.26 bits per heavy atom. The monoisotopic (exact) mass is 364 g/mol. The first-order valence-electron chi connectivity index (χ1n) is 7.28. The van der Waals surface area contributed by atoms with Crippen molar-refractivity contribution < 1.29 is 22.0 Å². The highest BCUT2D eigenvalue weighted by atomic mass is 32.2. The van der Waals surface area contributed by atoms with Crippen molar-refractivity contribution in [3.8, 4) is 0 Å². The molecule has 0 aliphatic carbocycles. The lowest BCUT2D eigenvalue weighted by molar-refractivity contribution is -0.111. The van der Waals surface area contributed by atoms with Crippen molar-refractivity contribution in [1.29, 1.82) is 0 Å². The van der Waals surface area contributed by atoms with E-state index in [1.54, 1.807) is 11.8 Å². The minimum absolute atomic E-state index is 0.00459. The molecule has 2 atom stereocenters. The van der Waals surface area contributed by atoms with E-state index in [0.717, 1.165) is 29.7 Å². The Morgan fingerprint density at radius 3 is 2.65 bits per heavy atom. The van der Waals surface area contributed by atoms with Gasteiger partial charge in [-0.05, 0) is 18.2 Å². The number of thioether (sulfide) groups is 1. The average molecular weight is 364 g/mol. The Morgan fingerprint density at radius 2 is 1.96 bits per heavy atom. The molecule has 5 nitrogen and oxygen atoms in total. The predicted octanol–water partition coefficient (Wildman–Crippen LogP) is 1.63. The fourth-order valence-electron chi connectivity index (χ4n) is 2.98. The molecule has 0 bridgehead atoms. The molecule has 128 valence electrons. The van der Waals surface area contributed by atoms with E-state index >= 15 is 0 Å². The highest BCUT2D eigenvalue weighted by Crippen LogP contribution is 2.36. The van der Waals surface area contributed by atoms with Crippen molar-refractivity contribution in [1.82, 2.24) is 9.37 Å². The lowest BCUT2D eigenvalue weighted by Crippen LogP contribution is -2.46. The van der Waals surface area contributed by atoms with Crippen LogP contribution in [0.2, 0.25) is 0 Å². The van der Waals surface area contributed by atoms with E-state index in [0.29, 0.717) is 13.1 Å². The predicted molar refractivity (Wildman–Crippen MR) is 84.4 cm³/mol. The lowest BCUT2D eigenvalue weighted by atomic mass is 10.0. The van der Waals surface area contributed by atoms with Gasteiger partial charge in [-0.15, -0.1) is 0 Å². The maximum atomic E-state index is 14.1. The van der Waals surface area contributed by atoms with Crippen molar-refractivity contribution in [3.05, 3.63) is 35.4 Å². The summed E-state index contributed by atoms with van der Waals surface area (Å²) in [6.07, 6.45) is 0. The summed E-state index contributed by atoms with van der Waals surface area (Å²) < 4.78 is 54.9. The van der Waals surface area contributed by atoms with Crippen molar-refractivity contribution in [2.75, 3.05) is 38.2 Å². The molecule has 0 spiro atoms. The van der Waals surface area contributed by atoms with E-state index in [4.69, 9.17) is 4.84 Å². The molecule has 3 rings (SSSR count). The van der Waals surface area contributed by atoms with Gasteiger partial charge in [-0.3, -0.25) is 4.84 Å².